The van der Waals surface area contributed by atoms with Gasteiger partial charge in [-0.3, -0.25) is 0 Å². The molecule has 0 saturated carbocycles. The molecule has 0 spiro atoms. The molecule has 3 nitrogen and oxygen atoms in total. The van der Waals surface area contributed by atoms with Gasteiger partial charge in [0.1, 0.15) is 0 Å². The van der Waals surface area contributed by atoms with Gasteiger partial charge in [-0.2, -0.15) is 11.3 Å². The van der Waals surface area contributed by atoms with Crippen LogP contribution in [0, 0.1) is 0 Å². The van der Waals surface area contributed by atoms with E-state index < -0.39 is 0 Å². The fourth-order valence-corrected chi connectivity index (χ4v) is 1.83. The Bertz CT molecular complexity index is 330. The van der Waals surface area contributed by atoms with E-state index in [1.165, 1.54) is 18.7 Å². The van der Waals surface area contributed by atoms with Gasteiger partial charge in [0.2, 0.25) is 0 Å². The molecule has 1 heterocycles. The second-order valence-corrected chi connectivity index (χ2v) is 3.94. The topological polar surface area (TPSA) is 38.3 Å². The Morgan fingerprint density at radius 3 is 3.07 bits per heavy atom. The largest absolute Gasteiger partial charge is 0.466 e. The van der Waals surface area contributed by atoms with Gasteiger partial charge < -0.3 is 10.1 Å². The Morgan fingerprint density at radius 1 is 1.67 bits per heavy atom. The zero-order chi connectivity index (χ0) is 11.1. The fourth-order valence-electron chi connectivity index (χ4n) is 1.13. The van der Waals surface area contributed by atoms with Gasteiger partial charge in [-0.1, -0.05) is 0 Å². The van der Waals surface area contributed by atoms with E-state index in [0.29, 0.717) is 0 Å². The quantitative estimate of drug-likeness (QED) is 0.615. The molecular formula is C11H15NO2S. The normalized spacial score (nSPS) is 11.2. The number of ether oxygens (including phenoxy) is 1. The van der Waals surface area contributed by atoms with Gasteiger partial charge in [0, 0.05) is 18.3 Å². The summed E-state index contributed by atoms with van der Waals surface area (Å²) < 4.78 is 4.52. The smallest absolute Gasteiger partial charge is 0.332 e. The molecule has 4 heteroatoms. The first kappa shape index (κ1) is 11.8. The fraction of sp³-hybridized carbons (Fsp3) is 0.364. The lowest BCUT2D eigenvalue weighted by atomic mass is 10.2. The number of methoxy groups -OCH3 is 1. The molecule has 0 aliphatic rings. The highest BCUT2D eigenvalue weighted by Crippen LogP contribution is 2.05. The molecule has 1 rings (SSSR count). The molecule has 0 atom stereocenters. The number of carbonyl (C=O) groups excluding carboxylic acids is 1. The van der Waals surface area contributed by atoms with Crippen LogP contribution in [-0.4, -0.2) is 19.6 Å². The summed E-state index contributed by atoms with van der Waals surface area (Å²) in [6.45, 7) is 2.68. The Hall–Kier alpha value is -1.29. The van der Waals surface area contributed by atoms with E-state index in [0.717, 1.165) is 18.7 Å². The van der Waals surface area contributed by atoms with Crippen LogP contribution in [0.2, 0.25) is 0 Å². The van der Waals surface area contributed by atoms with Crippen molar-refractivity contribution in [1.29, 1.82) is 0 Å². The summed E-state index contributed by atoms with van der Waals surface area (Å²) in [5.74, 6) is -0.324. The summed E-state index contributed by atoms with van der Waals surface area (Å²) in [4.78, 5) is 10.9. The van der Waals surface area contributed by atoms with Crippen molar-refractivity contribution in [2.75, 3.05) is 13.7 Å². The number of nitrogens with one attached hydrogen (secondary N) is 1. The molecule has 1 aromatic rings. The van der Waals surface area contributed by atoms with E-state index in [-0.39, 0.29) is 5.97 Å². The standard InChI is InChI=1S/C11H15NO2S/c1-9(7-11(13)14-2)12-5-3-10-4-6-15-8-10/h4,6-8,12H,3,5H2,1-2H3/b9-7-. The summed E-state index contributed by atoms with van der Waals surface area (Å²) in [5, 5.41) is 7.34. The van der Waals surface area contributed by atoms with Crippen molar-refractivity contribution in [3.8, 4) is 0 Å². The molecule has 15 heavy (non-hydrogen) atoms. The number of allylic oxidation sites excluding steroid dienone is 1. The number of rotatable bonds is 5. The predicted molar refractivity (Wildman–Crippen MR) is 61.8 cm³/mol. The van der Waals surface area contributed by atoms with Crippen molar-refractivity contribution in [3.05, 3.63) is 34.2 Å². The SMILES string of the molecule is COC(=O)/C=C(/C)NCCc1ccsc1. The lowest BCUT2D eigenvalue weighted by molar-refractivity contribution is -0.134. The van der Waals surface area contributed by atoms with Gasteiger partial charge in [-0.05, 0) is 35.7 Å². The van der Waals surface area contributed by atoms with Gasteiger partial charge in [0.05, 0.1) is 7.11 Å². The summed E-state index contributed by atoms with van der Waals surface area (Å²) in [5.41, 5.74) is 2.15. The van der Waals surface area contributed by atoms with E-state index in [2.05, 4.69) is 26.9 Å². The first-order chi connectivity index (χ1) is 7.22. The molecule has 0 fully saturated rings. The molecule has 82 valence electrons. The molecule has 0 aromatic carbocycles. The van der Waals surface area contributed by atoms with Gasteiger partial charge in [-0.25, -0.2) is 4.79 Å². The Morgan fingerprint density at radius 2 is 2.47 bits per heavy atom. The second kappa shape index (κ2) is 6.24. The van der Waals surface area contributed by atoms with Crippen LogP contribution in [0.1, 0.15) is 12.5 Å². The molecule has 0 unspecified atom stereocenters. The van der Waals surface area contributed by atoms with Crippen LogP contribution < -0.4 is 5.32 Å². The van der Waals surface area contributed by atoms with Crippen molar-refractivity contribution < 1.29 is 9.53 Å². The molecular weight excluding hydrogens is 210 g/mol. The highest BCUT2D eigenvalue weighted by Gasteiger charge is 1.96. The van der Waals surface area contributed by atoms with Crippen LogP contribution in [0.5, 0.6) is 0 Å². The van der Waals surface area contributed by atoms with Crippen molar-refractivity contribution >= 4 is 17.3 Å². The van der Waals surface area contributed by atoms with Gasteiger partial charge >= 0.3 is 5.97 Å². The van der Waals surface area contributed by atoms with Crippen LogP contribution in [0.25, 0.3) is 0 Å². The van der Waals surface area contributed by atoms with Crippen molar-refractivity contribution in [1.82, 2.24) is 5.32 Å². The number of thiophene rings is 1. The first-order valence-electron chi connectivity index (χ1n) is 4.73. The predicted octanol–water partition coefficient (Wildman–Crippen LogP) is 1.96. The zero-order valence-corrected chi connectivity index (χ0v) is 9.76. The molecule has 1 aromatic heterocycles. The lowest BCUT2D eigenvalue weighted by Crippen LogP contribution is -2.16. The molecule has 0 aliphatic heterocycles. The molecule has 0 radical (unpaired) electrons. The number of esters is 1. The third-order valence-corrected chi connectivity index (χ3v) is 2.67. The van der Waals surface area contributed by atoms with Crippen LogP contribution in [0.4, 0.5) is 0 Å². The van der Waals surface area contributed by atoms with E-state index in [4.69, 9.17) is 0 Å². The van der Waals surface area contributed by atoms with Crippen LogP contribution in [0.15, 0.2) is 28.6 Å². The van der Waals surface area contributed by atoms with Gasteiger partial charge in [-0.15, -0.1) is 0 Å². The lowest BCUT2D eigenvalue weighted by Gasteiger charge is -2.04. The minimum Gasteiger partial charge on any atom is -0.466 e. The monoisotopic (exact) mass is 225 g/mol. The average Bonchev–Trinajstić information content (AvgIpc) is 2.70. The molecule has 0 saturated heterocycles. The molecule has 0 aliphatic carbocycles. The van der Waals surface area contributed by atoms with Gasteiger partial charge in [0.25, 0.3) is 0 Å². The van der Waals surface area contributed by atoms with E-state index >= 15 is 0 Å². The van der Waals surface area contributed by atoms with Gasteiger partial charge in [0.15, 0.2) is 0 Å². The van der Waals surface area contributed by atoms with Crippen LogP contribution in [-0.2, 0) is 16.0 Å². The average molecular weight is 225 g/mol. The second-order valence-electron chi connectivity index (χ2n) is 3.16. The highest BCUT2D eigenvalue weighted by molar-refractivity contribution is 7.07. The Kier molecular flexibility index (Phi) is 4.90. The maximum absolute atomic E-state index is 10.9. The summed E-state index contributed by atoms with van der Waals surface area (Å²) in [6.07, 6.45) is 2.42. The third kappa shape index (κ3) is 4.65. The third-order valence-electron chi connectivity index (χ3n) is 1.93. The summed E-state index contributed by atoms with van der Waals surface area (Å²) in [6, 6.07) is 2.10. The number of hydrogen-bond donors (Lipinski definition) is 1. The molecule has 0 amide bonds. The minimum absolute atomic E-state index is 0.324. The number of hydrogen-bond acceptors (Lipinski definition) is 4. The Labute approximate surface area is 93.8 Å². The summed E-state index contributed by atoms with van der Waals surface area (Å²) in [7, 11) is 1.37. The maximum Gasteiger partial charge on any atom is 0.332 e. The van der Waals surface area contributed by atoms with Crippen LogP contribution in [0.3, 0.4) is 0 Å². The van der Waals surface area contributed by atoms with Crippen molar-refractivity contribution in [2.45, 2.75) is 13.3 Å². The molecule has 1 N–H and O–H groups in total. The van der Waals surface area contributed by atoms with Crippen molar-refractivity contribution in [2.24, 2.45) is 0 Å². The van der Waals surface area contributed by atoms with Crippen molar-refractivity contribution in [3.63, 3.8) is 0 Å². The highest BCUT2D eigenvalue weighted by atomic mass is 32.1. The number of carbonyl (C=O) groups is 1. The summed E-state index contributed by atoms with van der Waals surface area (Å²) >= 11 is 1.70. The first-order valence-corrected chi connectivity index (χ1v) is 5.68. The van der Waals surface area contributed by atoms with E-state index in [1.54, 1.807) is 11.3 Å². The van der Waals surface area contributed by atoms with Crippen LogP contribution >= 0.6 is 11.3 Å². The Balaban J connectivity index is 2.25. The zero-order valence-electron chi connectivity index (χ0n) is 8.95. The molecule has 0 bridgehead atoms. The minimum atomic E-state index is -0.324. The van der Waals surface area contributed by atoms with E-state index in [9.17, 15) is 4.79 Å². The van der Waals surface area contributed by atoms with E-state index in [1.807, 2.05) is 6.92 Å². The maximum atomic E-state index is 10.9.